The van der Waals surface area contributed by atoms with Gasteiger partial charge in [-0.15, -0.1) is 0 Å². The standard InChI is InChI=1S/C12H12O6/c1-7(14)17-10-4-9(6-13)5-11(12(10)16-3)18-8(2)15/h4-6H,1-3H3. The third-order valence-corrected chi connectivity index (χ3v) is 1.89. The molecule has 0 aliphatic carbocycles. The molecule has 0 aromatic heterocycles. The van der Waals surface area contributed by atoms with E-state index in [4.69, 9.17) is 14.2 Å². The highest BCUT2D eigenvalue weighted by Crippen LogP contribution is 2.38. The highest BCUT2D eigenvalue weighted by Gasteiger charge is 2.17. The van der Waals surface area contributed by atoms with E-state index in [9.17, 15) is 14.4 Å². The molecule has 1 rings (SSSR count). The number of ether oxygens (including phenoxy) is 3. The van der Waals surface area contributed by atoms with Crippen molar-refractivity contribution in [1.29, 1.82) is 0 Å². The number of carbonyl (C=O) groups is 3. The Kier molecular flexibility index (Phi) is 4.42. The maximum absolute atomic E-state index is 10.9. The van der Waals surface area contributed by atoms with E-state index in [1.807, 2.05) is 0 Å². The second kappa shape index (κ2) is 5.81. The first-order chi connectivity index (χ1) is 8.47. The molecule has 0 spiro atoms. The molecule has 0 aliphatic rings. The Labute approximate surface area is 103 Å². The van der Waals surface area contributed by atoms with Crippen LogP contribution in [0.5, 0.6) is 17.2 Å². The molecule has 0 heterocycles. The number of methoxy groups -OCH3 is 1. The topological polar surface area (TPSA) is 78.9 Å². The highest BCUT2D eigenvalue weighted by atomic mass is 16.6. The van der Waals surface area contributed by atoms with E-state index in [0.29, 0.717) is 6.29 Å². The molecule has 18 heavy (non-hydrogen) atoms. The van der Waals surface area contributed by atoms with E-state index >= 15 is 0 Å². The van der Waals surface area contributed by atoms with Crippen molar-refractivity contribution in [1.82, 2.24) is 0 Å². The van der Waals surface area contributed by atoms with Crippen molar-refractivity contribution in [3.63, 3.8) is 0 Å². The minimum Gasteiger partial charge on any atom is -0.490 e. The molecule has 6 heteroatoms. The van der Waals surface area contributed by atoms with Crippen molar-refractivity contribution in [2.45, 2.75) is 13.8 Å². The third kappa shape index (κ3) is 3.31. The Morgan fingerprint density at radius 1 is 1.06 bits per heavy atom. The Morgan fingerprint density at radius 3 is 1.78 bits per heavy atom. The predicted octanol–water partition coefficient (Wildman–Crippen LogP) is 1.36. The van der Waals surface area contributed by atoms with Crippen molar-refractivity contribution >= 4 is 18.2 Å². The van der Waals surface area contributed by atoms with Crippen molar-refractivity contribution in [2.75, 3.05) is 7.11 Å². The van der Waals surface area contributed by atoms with E-state index in [1.165, 1.54) is 33.1 Å². The van der Waals surface area contributed by atoms with Gasteiger partial charge in [-0.05, 0) is 12.1 Å². The van der Waals surface area contributed by atoms with Crippen LogP contribution in [0, 0.1) is 0 Å². The number of benzene rings is 1. The molecule has 0 saturated heterocycles. The Balaban J connectivity index is 3.33. The Hall–Kier alpha value is -2.37. The fourth-order valence-corrected chi connectivity index (χ4v) is 1.33. The molecule has 0 aliphatic heterocycles. The summed E-state index contributed by atoms with van der Waals surface area (Å²) >= 11 is 0. The zero-order valence-electron chi connectivity index (χ0n) is 10.2. The van der Waals surface area contributed by atoms with Crippen molar-refractivity contribution in [3.05, 3.63) is 17.7 Å². The molecule has 6 nitrogen and oxygen atoms in total. The van der Waals surface area contributed by atoms with Gasteiger partial charge in [-0.1, -0.05) is 0 Å². The van der Waals surface area contributed by atoms with Crippen LogP contribution in [0.25, 0.3) is 0 Å². The average molecular weight is 252 g/mol. The first kappa shape index (κ1) is 13.7. The van der Waals surface area contributed by atoms with Gasteiger partial charge in [-0.3, -0.25) is 14.4 Å². The monoisotopic (exact) mass is 252 g/mol. The number of esters is 2. The quantitative estimate of drug-likeness (QED) is 0.457. The molecule has 1 aromatic rings. The smallest absolute Gasteiger partial charge is 0.308 e. The van der Waals surface area contributed by atoms with Crippen molar-refractivity contribution < 1.29 is 28.6 Å². The van der Waals surface area contributed by atoms with E-state index < -0.39 is 11.9 Å². The second-order valence-corrected chi connectivity index (χ2v) is 3.36. The third-order valence-electron chi connectivity index (χ3n) is 1.89. The van der Waals surface area contributed by atoms with Gasteiger partial charge in [-0.2, -0.15) is 0 Å². The zero-order chi connectivity index (χ0) is 13.7. The first-order valence-corrected chi connectivity index (χ1v) is 5.02. The second-order valence-electron chi connectivity index (χ2n) is 3.36. The van der Waals surface area contributed by atoms with Gasteiger partial charge in [0.1, 0.15) is 6.29 Å². The van der Waals surface area contributed by atoms with Crippen molar-refractivity contribution in [3.8, 4) is 17.2 Å². The van der Waals surface area contributed by atoms with E-state index in [2.05, 4.69) is 0 Å². The highest BCUT2D eigenvalue weighted by molar-refractivity contribution is 5.81. The van der Waals surface area contributed by atoms with Crippen LogP contribution < -0.4 is 14.2 Å². The number of carbonyl (C=O) groups excluding carboxylic acids is 3. The normalized spacial score (nSPS) is 9.50. The van der Waals surface area contributed by atoms with Crippen LogP contribution in [-0.4, -0.2) is 25.3 Å². The van der Waals surface area contributed by atoms with Crippen LogP contribution in [0.15, 0.2) is 12.1 Å². The lowest BCUT2D eigenvalue weighted by Crippen LogP contribution is -2.07. The van der Waals surface area contributed by atoms with Gasteiger partial charge < -0.3 is 14.2 Å². The largest absolute Gasteiger partial charge is 0.490 e. The van der Waals surface area contributed by atoms with Crippen LogP contribution >= 0.6 is 0 Å². The molecule has 1 aromatic carbocycles. The molecule has 0 atom stereocenters. The van der Waals surface area contributed by atoms with Crippen molar-refractivity contribution in [2.24, 2.45) is 0 Å². The predicted molar refractivity (Wildman–Crippen MR) is 61.0 cm³/mol. The van der Waals surface area contributed by atoms with Gasteiger partial charge >= 0.3 is 11.9 Å². The summed E-state index contributed by atoms with van der Waals surface area (Å²) in [6.45, 7) is 2.41. The van der Waals surface area contributed by atoms with Gasteiger partial charge in [0.05, 0.1) is 7.11 Å². The SMILES string of the molecule is COc1c(OC(C)=O)cc(C=O)cc1OC(C)=O. The first-order valence-electron chi connectivity index (χ1n) is 5.02. The maximum atomic E-state index is 10.9. The average Bonchev–Trinajstić information content (AvgIpc) is 2.27. The molecular formula is C12H12O6. The maximum Gasteiger partial charge on any atom is 0.308 e. The molecule has 0 amide bonds. The van der Waals surface area contributed by atoms with Crippen LogP contribution in [0.2, 0.25) is 0 Å². The molecule has 0 fully saturated rings. The number of hydrogen-bond acceptors (Lipinski definition) is 6. The lowest BCUT2D eigenvalue weighted by Gasteiger charge is -2.12. The van der Waals surface area contributed by atoms with Crippen LogP contribution in [0.1, 0.15) is 24.2 Å². The summed E-state index contributed by atoms with van der Waals surface area (Å²) in [7, 11) is 1.33. The van der Waals surface area contributed by atoms with Gasteiger partial charge in [0.2, 0.25) is 5.75 Å². The number of hydrogen-bond donors (Lipinski definition) is 0. The fourth-order valence-electron chi connectivity index (χ4n) is 1.33. The van der Waals surface area contributed by atoms with Gasteiger partial charge in [0, 0.05) is 19.4 Å². The van der Waals surface area contributed by atoms with Gasteiger partial charge in [0.15, 0.2) is 11.5 Å². The molecule has 0 unspecified atom stereocenters. The molecule has 0 N–H and O–H groups in total. The summed E-state index contributed by atoms with van der Waals surface area (Å²) in [6, 6.07) is 2.64. The molecule has 0 radical (unpaired) electrons. The molecule has 96 valence electrons. The fraction of sp³-hybridized carbons (Fsp3) is 0.250. The summed E-state index contributed by atoms with van der Waals surface area (Å²) in [6.07, 6.45) is 0.541. The lowest BCUT2D eigenvalue weighted by molar-refractivity contribution is -0.132. The Bertz CT molecular complexity index is 454. The summed E-state index contributed by atoms with van der Waals surface area (Å²) in [5, 5.41) is 0. The minimum atomic E-state index is -0.579. The van der Waals surface area contributed by atoms with E-state index in [-0.39, 0.29) is 22.8 Å². The van der Waals surface area contributed by atoms with E-state index in [1.54, 1.807) is 0 Å². The summed E-state index contributed by atoms with van der Waals surface area (Å²) in [5.74, 6) is -1.04. The minimum absolute atomic E-state index is 0.0193. The summed E-state index contributed by atoms with van der Waals surface area (Å²) in [5.41, 5.74) is 0.198. The molecule has 0 bridgehead atoms. The summed E-state index contributed by atoms with van der Waals surface area (Å²) < 4.78 is 14.8. The van der Waals surface area contributed by atoms with Crippen LogP contribution in [-0.2, 0) is 9.59 Å². The molecular weight excluding hydrogens is 240 g/mol. The van der Waals surface area contributed by atoms with Crippen LogP contribution in [0.3, 0.4) is 0 Å². The zero-order valence-corrected chi connectivity index (χ0v) is 10.2. The lowest BCUT2D eigenvalue weighted by atomic mass is 10.2. The van der Waals surface area contributed by atoms with Gasteiger partial charge in [-0.25, -0.2) is 0 Å². The van der Waals surface area contributed by atoms with Crippen LogP contribution in [0.4, 0.5) is 0 Å². The number of aldehydes is 1. The molecule has 0 saturated carbocycles. The van der Waals surface area contributed by atoms with Gasteiger partial charge in [0.25, 0.3) is 0 Å². The summed E-state index contributed by atoms with van der Waals surface area (Å²) in [4.78, 5) is 32.6. The Morgan fingerprint density at radius 2 is 1.50 bits per heavy atom. The number of rotatable bonds is 4. The van der Waals surface area contributed by atoms with E-state index in [0.717, 1.165) is 0 Å².